The zero-order chi connectivity index (χ0) is 20.7. The van der Waals surface area contributed by atoms with E-state index >= 15 is 0 Å². The number of rotatable bonds is 6. The Morgan fingerprint density at radius 3 is 2.45 bits per heavy atom. The van der Waals surface area contributed by atoms with E-state index in [0.717, 1.165) is 17.7 Å². The zero-order valence-corrected chi connectivity index (χ0v) is 15.7. The normalized spacial score (nSPS) is 14.4. The van der Waals surface area contributed by atoms with Crippen LogP contribution >= 0.6 is 0 Å². The third-order valence-corrected chi connectivity index (χ3v) is 4.01. The van der Waals surface area contributed by atoms with Gasteiger partial charge in [-0.25, -0.2) is 4.99 Å². The van der Waals surface area contributed by atoms with Crippen LogP contribution in [0.4, 0.5) is 18.9 Å². The maximum atomic E-state index is 12.1. The molecule has 0 aromatic heterocycles. The van der Waals surface area contributed by atoms with Gasteiger partial charge >= 0.3 is 6.18 Å². The van der Waals surface area contributed by atoms with E-state index in [2.05, 4.69) is 15.0 Å². The largest absolute Gasteiger partial charge is 0.490 e. The van der Waals surface area contributed by atoms with Gasteiger partial charge in [0.2, 0.25) is 0 Å². The van der Waals surface area contributed by atoms with Crippen LogP contribution in [0.2, 0.25) is 0 Å². The maximum absolute atomic E-state index is 12.1. The number of anilines is 1. The fourth-order valence-corrected chi connectivity index (χ4v) is 2.63. The van der Waals surface area contributed by atoms with Gasteiger partial charge in [0.1, 0.15) is 6.61 Å². The minimum atomic E-state index is -4.32. The van der Waals surface area contributed by atoms with Crippen molar-refractivity contribution in [2.75, 3.05) is 25.1 Å². The van der Waals surface area contributed by atoms with Gasteiger partial charge < -0.3 is 25.3 Å². The van der Waals surface area contributed by atoms with Gasteiger partial charge in [-0.3, -0.25) is 0 Å². The van der Waals surface area contributed by atoms with Crippen molar-refractivity contribution in [1.82, 2.24) is 0 Å². The van der Waals surface area contributed by atoms with Crippen LogP contribution in [-0.4, -0.2) is 32.0 Å². The Bertz CT molecular complexity index is 839. The molecule has 0 aliphatic carbocycles. The van der Waals surface area contributed by atoms with Crippen LogP contribution in [0.15, 0.2) is 47.5 Å². The van der Waals surface area contributed by atoms with Gasteiger partial charge in [0.25, 0.3) is 0 Å². The summed E-state index contributed by atoms with van der Waals surface area (Å²) in [5.74, 6) is 1.59. The van der Waals surface area contributed by atoms with Crippen molar-refractivity contribution in [3.8, 4) is 11.5 Å². The van der Waals surface area contributed by atoms with E-state index in [4.69, 9.17) is 15.2 Å². The predicted octanol–water partition coefficient (Wildman–Crippen LogP) is 3.85. The van der Waals surface area contributed by atoms with Gasteiger partial charge in [-0.2, -0.15) is 13.2 Å². The summed E-state index contributed by atoms with van der Waals surface area (Å²) in [5.41, 5.74) is 8.19. The summed E-state index contributed by atoms with van der Waals surface area (Å²) in [4.78, 5) is 4.28. The lowest BCUT2D eigenvalue weighted by atomic mass is 10.1. The van der Waals surface area contributed by atoms with Gasteiger partial charge in [-0.15, -0.1) is 0 Å². The molecule has 0 unspecified atom stereocenters. The number of hydrogen-bond acceptors (Lipinski definition) is 4. The third-order valence-electron chi connectivity index (χ3n) is 4.01. The first-order valence-electron chi connectivity index (χ1n) is 9.08. The fourth-order valence-electron chi connectivity index (χ4n) is 2.63. The first-order valence-corrected chi connectivity index (χ1v) is 9.08. The first-order chi connectivity index (χ1) is 13.9. The highest BCUT2D eigenvalue weighted by atomic mass is 19.4. The van der Waals surface area contributed by atoms with Gasteiger partial charge in [-0.1, -0.05) is 24.3 Å². The number of nitrogens with one attached hydrogen (secondary N) is 1. The number of benzene rings is 2. The Kier molecular flexibility index (Phi) is 6.82. The number of ether oxygens (including phenoxy) is 3. The molecule has 0 saturated heterocycles. The van der Waals surface area contributed by atoms with E-state index in [9.17, 15) is 13.2 Å². The Morgan fingerprint density at radius 1 is 1.03 bits per heavy atom. The van der Waals surface area contributed by atoms with E-state index in [1.54, 1.807) is 30.3 Å². The summed E-state index contributed by atoms with van der Waals surface area (Å²) in [6.07, 6.45) is -3.50. The van der Waals surface area contributed by atoms with Crippen LogP contribution < -0.4 is 20.5 Å². The van der Waals surface area contributed by atoms with E-state index in [1.165, 1.54) is 0 Å². The minimum Gasteiger partial charge on any atom is -0.490 e. The summed E-state index contributed by atoms with van der Waals surface area (Å²) in [7, 11) is 0. The molecule has 2 aromatic rings. The summed E-state index contributed by atoms with van der Waals surface area (Å²) < 4.78 is 52.1. The maximum Gasteiger partial charge on any atom is 0.411 e. The minimum absolute atomic E-state index is 0.100. The van der Waals surface area contributed by atoms with Crippen molar-refractivity contribution in [1.29, 1.82) is 0 Å². The molecule has 2 aromatic carbocycles. The van der Waals surface area contributed by atoms with Crippen LogP contribution in [0.3, 0.4) is 0 Å². The van der Waals surface area contributed by atoms with Crippen molar-refractivity contribution in [3.05, 3.63) is 53.6 Å². The molecule has 1 heterocycles. The Balaban J connectivity index is 1.51. The van der Waals surface area contributed by atoms with Crippen LogP contribution in [0.25, 0.3) is 0 Å². The smallest absolute Gasteiger partial charge is 0.411 e. The number of alkyl halides is 3. The summed E-state index contributed by atoms with van der Waals surface area (Å²) >= 11 is 0. The molecule has 0 fully saturated rings. The Labute approximate surface area is 166 Å². The lowest BCUT2D eigenvalue weighted by molar-refractivity contribution is -0.176. The third kappa shape index (κ3) is 6.86. The number of fused-ring (bicyclic) bond motifs is 1. The van der Waals surface area contributed by atoms with Crippen LogP contribution in [0.5, 0.6) is 11.5 Å². The van der Waals surface area contributed by atoms with Gasteiger partial charge in [0, 0.05) is 18.2 Å². The molecule has 0 spiro atoms. The molecule has 0 radical (unpaired) electrons. The molecule has 0 atom stereocenters. The lowest BCUT2D eigenvalue weighted by Gasteiger charge is -2.11. The number of nitrogens with zero attached hydrogens (tertiary/aromatic N) is 1. The number of hydrogen-bond donors (Lipinski definition) is 2. The van der Waals surface area contributed by atoms with E-state index in [1.807, 2.05) is 12.1 Å². The quantitative estimate of drug-likeness (QED) is 0.560. The van der Waals surface area contributed by atoms with E-state index in [-0.39, 0.29) is 12.6 Å². The molecule has 3 N–H and O–H groups in total. The summed E-state index contributed by atoms with van der Waals surface area (Å²) in [6, 6.07) is 12.4. The average Bonchev–Trinajstić information content (AvgIpc) is 2.91. The molecule has 0 amide bonds. The van der Waals surface area contributed by atoms with Crippen molar-refractivity contribution < 1.29 is 27.4 Å². The Hall–Kier alpha value is -2.94. The first kappa shape index (κ1) is 20.8. The predicted molar refractivity (Wildman–Crippen MR) is 103 cm³/mol. The highest BCUT2D eigenvalue weighted by Gasteiger charge is 2.27. The molecule has 0 bridgehead atoms. The molecule has 1 aliphatic heterocycles. The highest BCUT2D eigenvalue weighted by Crippen LogP contribution is 2.32. The molecule has 0 saturated carbocycles. The van der Waals surface area contributed by atoms with Crippen molar-refractivity contribution in [2.24, 2.45) is 10.7 Å². The number of halogens is 3. The average molecular weight is 409 g/mol. The standard InChI is InChI=1S/C20H22F3N3O3/c21-20(22,23)13-27-12-15-4-2-14(3-5-15)11-25-19(24)26-16-6-7-17-18(10-16)29-9-1-8-28-17/h2-7,10H,1,8-9,11-13H2,(H3,24,25,26). The van der Waals surface area contributed by atoms with Gasteiger partial charge in [0.05, 0.1) is 26.4 Å². The number of nitrogens with two attached hydrogens (primary N) is 1. The molecule has 156 valence electrons. The van der Waals surface area contributed by atoms with Crippen LogP contribution in [0.1, 0.15) is 17.5 Å². The van der Waals surface area contributed by atoms with E-state index < -0.39 is 12.8 Å². The number of guanidine groups is 1. The zero-order valence-electron chi connectivity index (χ0n) is 15.7. The second-order valence-electron chi connectivity index (χ2n) is 6.46. The molecule has 3 rings (SSSR count). The van der Waals surface area contributed by atoms with Gasteiger partial charge in [0.15, 0.2) is 17.5 Å². The van der Waals surface area contributed by atoms with E-state index in [0.29, 0.717) is 36.8 Å². The number of aliphatic imine (C=N–C) groups is 1. The summed E-state index contributed by atoms with van der Waals surface area (Å²) in [6.45, 7) is 0.179. The van der Waals surface area contributed by atoms with Crippen molar-refractivity contribution in [3.63, 3.8) is 0 Å². The van der Waals surface area contributed by atoms with Crippen LogP contribution in [0, 0.1) is 0 Å². The molecular formula is C20H22F3N3O3. The fraction of sp³-hybridized carbons (Fsp3) is 0.350. The molecule has 6 nitrogen and oxygen atoms in total. The lowest BCUT2D eigenvalue weighted by Crippen LogP contribution is -2.22. The molecule has 29 heavy (non-hydrogen) atoms. The topological polar surface area (TPSA) is 78.1 Å². The van der Waals surface area contributed by atoms with Gasteiger partial charge in [-0.05, 0) is 23.3 Å². The second-order valence-corrected chi connectivity index (χ2v) is 6.46. The monoisotopic (exact) mass is 409 g/mol. The van der Waals surface area contributed by atoms with Crippen LogP contribution in [-0.2, 0) is 17.9 Å². The molecule has 9 heteroatoms. The molecular weight excluding hydrogens is 387 g/mol. The SMILES string of the molecule is NC(=NCc1ccc(COCC(F)(F)F)cc1)Nc1ccc2c(c1)OCCCO2. The second kappa shape index (κ2) is 9.51. The summed E-state index contributed by atoms with van der Waals surface area (Å²) in [5, 5.41) is 3.00. The highest BCUT2D eigenvalue weighted by molar-refractivity contribution is 5.92. The van der Waals surface area contributed by atoms with Crippen molar-refractivity contribution in [2.45, 2.75) is 25.7 Å². The molecule has 1 aliphatic rings. The van der Waals surface area contributed by atoms with Crippen molar-refractivity contribution >= 4 is 11.6 Å². The Morgan fingerprint density at radius 2 is 1.72 bits per heavy atom.